The van der Waals surface area contributed by atoms with E-state index in [0.717, 1.165) is 0 Å². The van der Waals surface area contributed by atoms with Gasteiger partial charge in [0, 0.05) is 43.3 Å². The normalized spacial score (nSPS) is 12.0. The van der Waals surface area contributed by atoms with Crippen molar-refractivity contribution in [3.8, 4) is 11.8 Å². The van der Waals surface area contributed by atoms with Gasteiger partial charge in [-0.3, -0.25) is 14.6 Å². The van der Waals surface area contributed by atoms with E-state index in [9.17, 15) is 9.59 Å². The molecule has 0 N–H and O–H groups in total. The van der Waals surface area contributed by atoms with Crippen molar-refractivity contribution in [2.45, 2.75) is 80.2 Å². The molecule has 1 aromatic rings. The Hall–Kier alpha value is -2.27. The molecule has 0 fully saturated rings. The lowest BCUT2D eigenvalue weighted by molar-refractivity contribution is -0.144. The van der Waals surface area contributed by atoms with Gasteiger partial charge >= 0.3 is 20.5 Å². The molecule has 1 unspecified atom stereocenters. The zero-order valence-electron chi connectivity index (χ0n) is 19.3. The second kappa shape index (κ2) is 13.2. The number of carbonyl (C=O) groups excluding carboxylic acids is 2. The Balaban J connectivity index is 3.40. The highest BCUT2D eigenvalue weighted by Crippen LogP contribution is 2.48. The summed E-state index contributed by atoms with van der Waals surface area (Å²) >= 11 is 0. The minimum Gasteiger partial charge on any atom is -0.461 e. The van der Waals surface area contributed by atoms with Gasteiger partial charge in [0.2, 0.25) is 0 Å². The van der Waals surface area contributed by atoms with Crippen LogP contribution in [0.2, 0.25) is 0 Å². The molecule has 172 valence electrons. The summed E-state index contributed by atoms with van der Waals surface area (Å²) in [5.74, 6) is -0.466. The summed E-state index contributed by atoms with van der Waals surface area (Å²) in [6.07, 6.45) is 1.81. The minimum atomic E-state index is -1.59. The number of nitrogens with zero attached hydrogens (tertiary/aromatic N) is 3. The molecule has 9 nitrogen and oxygen atoms in total. The number of pyridine rings is 1. The van der Waals surface area contributed by atoms with Crippen molar-refractivity contribution in [3.05, 3.63) is 23.0 Å². The zero-order chi connectivity index (χ0) is 23.6. The van der Waals surface area contributed by atoms with Crippen LogP contribution < -0.4 is 4.52 Å². The van der Waals surface area contributed by atoms with Crippen LogP contribution >= 0.6 is 8.53 Å². The van der Waals surface area contributed by atoms with E-state index in [1.165, 1.54) is 13.8 Å². The minimum absolute atomic E-state index is 0.0269. The maximum absolute atomic E-state index is 11.5. The highest BCUT2D eigenvalue weighted by molar-refractivity contribution is 7.45. The number of hydrogen-bond donors (Lipinski definition) is 0. The van der Waals surface area contributed by atoms with E-state index in [1.807, 2.05) is 27.7 Å². The molecular weight excluding hydrogens is 421 g/mol. The van der Waals surface area contributed by atoms with Gasteiger partial charge in [-0.2, -0.15) is 5.26 Å². The van der Waals surface area contributed by atoms with Crippen LogP contribution in [0.15, 0.2) is 6.20 Å². The van der Waals surface area contributed by atoms with Crippen LogP contribution in [0, 0.1) is 18.3 Å². The highest BCUT2D eigenvalue weighted by Gasteiger charge is 2.30. The van der Waals surface area contributed by atoms with E-state index in [-0.39, 0.29) is 38.3 Å². The number of hydrogen-bond acceptors (Lipinski definition) is 9. The summed E-state index contributed by atoms with van der Waals surface area (Å²) in [5.41, 5.74) is 1.72. The van der Waals surface area contributed by atoms with Crippen LogP contribution in [0.5, 0.6) is 5.75 Å². The molecule has 31 heavy (non-hydrogen) atoms. The van der Waals surface area contributed by atoms with Gasteiger partial charge in [-0.1, -0.05) is 0 Å². The van der Waals surface area contributed by atoms with Crippen molar-refractivity contribution in [3.63, 3.8) is 0 Å². The molecule has 0 bridgehead atoms. The summed E-state index contributed by atoms with van der Waals surface area (Å²) in [6.45, 7) is 12.7. The Morgan fingerprint density at radius 1 is 1.13 bits per heavy atom. The molecule has 0 aliphatic rings. The summed E-state index contributed by atoms with van der Waals surface area (Å²) in [6, 6.07) is 2.30. The van der Waals surface area contributed by atoms with E-state index in [0.29, 0.717) is 22.6 Å². The van der Waals surface area contributed by atoms with Crippen molar-refractivity contribution in [1.82, 2.24) is 9.65 Å². The summed E-state index contributed by atoms with van der Waals surface area (Å²) < 4.78 is 24.8. The fourth-order valence-corrected chi connectivity index (χ4v) is 4.47. The molecule has 1 aromatic heterocycles. The molecule has 0 aromatic carbocycles. The lowest BCUT2D eigenvalue weighted by atomic mass is 10.1. The molecule has 0 saturated heterocycles. The van der Waals surface area contributed by atoms with E-state index in [4.69, 9.17) is 23.8 Å². The first-order chi connectivity index (χ1) is 14.6. The maximum Gasteiger partial charge on any atom is 0.321 e. The van der Waals surface area contributed by atoms with Gasteiger partial charge in [0.1, 0.15) is 13.2 Å². The molecule has 1 rings (SSSR count). The molecule has 0 amide bonds. The first-order valence-corrected chi connectivity index (χ1v) is 11.2. The molecule has 0 spiro atoms. The fraction of sp³-hybridized carbons (Fsp3) is 0.619. The van der Waals surface area contributed by atoms with Crippen molar-refractivity contribution in [1.29, 1.82) is 5.26 Å². The standard InChI is InChI=1S/C21H32N3O6P/c1-14(2)24(15(3)4)31(29-10-8-9-22)30-21-16(5)23-11-19(12-27-17(6)25)20(21)13-28-18(7)26/h11,14-15H,8,10,12-13H2,1-7H3. The third kappa shape index (κ3) is 8.78. The van der Waals surface area contributed by atoms with E-state index < -0.39 is 20.5 Å². The van der Waals surface area contributed by atoms with Crippen molar-refractivity contribution in [2.24, 2.45) is 0 Å². The number of aromatic nitrogens is 1. The van der Waals surface area contributed by atoms with Crippen molar-refractivity contribution < 1.29 is 28.1 Å². The number of rotatable bonds is 12. The van der Waals surface area contributed by atoms with Crippen LogP contribution in [0.25, 0.3) is 0 Å². The summed E-state index contributed by atoms with van der Waals surface area (Å²) in [5, 5.41) is 8.90. The van der Waals surface area contributed by atoms with Crippen LogP contribution in [-0.2, 0) is 36.8 Å². The number of esters is 2. The third-order valence-corrected chi connectivity index (χ3v) is 6.13. The Labute approximate surface area is 185 Å². The first-order valence-electron chi connectivity index (χ1n) is 10.1. The Bertz CT molecular complexity index is 786. The van der Waals surface area contributed by atoms with Crippen LogP contribution in [0.1, 0.15) is 64.8 Å². The SMILES string of the molecule is CC(=O)OCc1cnc(C)c(OP(OCCC#N)N(C(C)C)C(C)C)c1COC(C)=O. The maximum atomic E-state index is 11.5. The monoisotopic (exact) mass is 453 g/mol. The largest absolute Gasteiger partial charge is 0.461 e. The second-order valence-electron chi connectivity index (χ2n) is 7.38. The fourth-order valence-electron chi connectivity index (χ4n) is 2.79. The molecule has 0 aliphatic heterocycles. The van der Waals surface area contributed by atoms with Gasteiger partial charge in [0.25, 0.3) is 0 Å². The van der Waals surface area contributed by atoms with Crippen LogP contribution in [0.4, 0.5) is 0 Å². The Morgan fingerprint density at radius 2 is 1.71 bits per heavy atom. The van der Waals surface area contributed by atoms with E-state index in [2.05, 4.69) is 15.7 Å². The smallest absolute Gasteiger partial charge is 0.321 e. The van der Waals surface area contributed by atoms with E-state index >= 15 is 0 Å². The molecule has 1 atom stereocenters. The van der Waals surface area contributed by atoms with E-state index in [1.54, 1.807) is 13.1 Å². The predicted octanol–water partition coefficient (Wildman–Crippen LogP) is 4.17. The second-order valence-corrected chi connectivity index (χ2v) is 8.75. The summed E-state index contributed by atoms with van der Waals surface area (Å²) in [7, 11) is -1.59. The topological polar surface area (TPSA) is 111 Å². The van der Waals surface area contributed by atoms with Crippen LogP contribution in [0.3, 0.4) is 0 Å². The van der Waals surface area contributed by atoms with Crippen molar-refractivity contribution in [2.75, 3.05) is 6.61 Å². The van der Waals surface area contributed by atoms with Crippen LogP contribution in [-0.4, -0.2) is 40.3 Å². The Morgan fingerprint density at radius 3 is 2.23 bits per heavy atom. The molecule has 10 heteroatoms. The van der Waals surface area contributed by atoms with Gasteiger partial charge in [0.05, 0.1) is 24.8 Å². The van der Waals surface area contributed by atoms with Gasteiger partial charge < -0.3 is 18.5 Å². The zero-order valence-corrected chi connectivity index (χ0v) is 20.2. The number of aryl methyl sites for hydroxylation is 1. The highest BCUT2D eigenvalue weighted by atomic mass is 31.2. The lowest BCUT2D eigenvalue weighted by Crippen LogP contribution is -2.34. The number of ether oxygens (including phenoxy) is 2. The molecule has 0 saturated carbocycles. The average molecular weight is 453 g/mol. The number of carbonyl (C=O) groups is 2. The van der Waals surface area contributed by atoms with Gasteiger partial charge in [-0.15, -0.1) is 0 Å². The van der Waals surface area contributed by atoms with Crippen molar-refractivity contribution >= 4 is 20.5 Å². The van der Waals surface area contributed by atoms with Gasteiger partial charge in [-0.25, -0.2) is 4.67 Å². The molecule has 0 radical (unpaired) electrons. The molecular formula is C21H32N3O6P. The van der Waals surface area contributed by atoms with Gasteiger partial charge in [0.15, 0.2) is 5.75 Å². The Kier molecular flexibility index (Phi) is 11.4. The predicted molar refractivity (Wildman–Crippen MR) is 116 cm³/mol. The quantitative estimate of drug-likeness (QED) is 0.261. The first kappa shape index (κ1) is 26.8. The average Bonchev–Trinajstić information content (AvgIpc) is 2.66. The molecule has 1 heterocycles. The molecule has 0 aliphatic carbocycles. The summed E-state index contributed by atoms with van der Waals surface area (Å²) in [4.78, 5) is 27.1. The van der Waals surface area contributed by atoms with Gasteiger partial charge in [-0.05, 0) is 34.6 Å². The lowest BCUT2D eigenvalue weighted by Gasteiger charge is -2.35. The third-order valence-electron chi connectivity index (χ3n) is 4.09. The number of nitriles is 1.